The molecule has 4 heteroatoms. The highest BCUT2D eigenvalue weighted by atomic mass is 19.1. The summed E-state index contributed by atoms with van der Waals surface area (Å²) in [6.45, 7) is 1.52. The van der Waals surface area contributed by atoms with E-state index in [-0.39, 0.29) is 11.6 Å². The van der Waals surface area contributed by atoms with Crippen LogP contribution in [0.25, 0.3) is 22.2 Å². The number of Topliss-reactive ketones (excluding diaryl/α,β-unsaturated/α-hetero) is 1. The molecule has 0 aliphatic heterocycles. The number of aromatic amines is 1. The Morgan fingerprint density at radius 1 is 1.14 bits per heavy atom. The average molecular weight is 283 g/mol. The summed E-state index contributed by atoms with van der Waals surface area (Å²) >= 11 is 0. The zero-order valence-corrected chi connectivity index (χ0v) is 11.7. The molecule has 0 fully saturated rings. The summed E-state index contributed by atoms with van der Waals surface area (Å²) in [7, 11) is 1.59. The number of rotatable bonds is 3. The Kier molecular flexibility index (Phi) is 3.22. The molecular weight excluding hydrogens is 269 g/mol. The summed E-state index contributed by atoms with van der Waals surface area (Å²) in [6.07, 6.45) is 0. The number of carbonyl (C=O) groups is 1. The van der Waals surface area contributed by atoms with Crippen molar-refractivity contribution in [1.82, 2.24) is 4.98 Å². The van der Waals surface area contributed by atoms with Gasteiger partial charge >= 0.3 is 0 Å². The summed E-state index contributed by atoms with van der Waals surface area (Å²) in [6, 6.07) is 11.6. The minimum Gasteiger partial charge on any atom is -0.497 e. The second-order valence-corrected chi connectivity index (χ2v) is 4.85. The van der Waals surface area contributed by atoms with Gasteiger partial charge in [-0.15, -0.1) is 0 Å². The molecule has 3 aromatic rings. The first-order chi connectivity index (χ1) is 10.1. The lowest BCUT2D eigenvalue weighted by atomic mass is 10.0. The van der Waals surface area contributed by atoms with E-state index in [0.29, 0.717) is 17.0 Å². The summed E-state index contributed by atoms with van der Waals surface area (Å²) in [5.74, 6) is 0.337. The molecule has 0 amide bonds. The van der Waals surface area contributed by atoms with E-state index in [1.165, 1.54) is 19.1 Å². The van der Waals surface area contributed by atoms with Crippen LogP contribution in [0.4, 0.5) is 4.39 Å². The lowest BCUT2D eigenvalue weighted by Crippen LogP contribution is -1.94. The minimum absolute atomic E-state index is 0.0474. The van der Waals surface area contributed by atoms with E-state index in [1.807, 2.05) is 18.2 Å². The van der Waals surface area contributed by atoms with Gasteiger partial charge in [-0.1, -0.05) is 0 Å². The molecule has 0 radical (unpaired) electrons. The van der Waals surface area contributed by atoms with E-state index in [1.54, 1.807) is 19.2 Å². The van der Waals surface area contributed by atoms with Gasteiger partial charge in [-0.05, 0) is 55.0 Å². The topological polar surface area (TPSA) is 42.1 Å². The van der Waals surface area contributed by atoms with Crippen LogP contribution in [0, 0.1) is 5.82 Å². The molecule has 21 heavy (non-hydrogen) atoms. The van der Waals surface area contributed by atoms with Crippen molar-refractivity contribution in [3.05, 3.63) is 53.8 Å². The molecule has 0 aliphatic carbocycles. The Morgan fingerprint density at radius 2 is 1.86 bits per heavy atom. The molecule has 1 heterocycles. The molecule has 0 saturated carbocycles. The molecule has 0 bridgehead atoms. The third-order valence-corrected chi connectivity index (χ3v) is 3.49. The minimum atomic E-state index is -0.305. The molecular formula is C17H14FNO2. The molecule has 0 atom stereocenters. The molecule has 0 unspecified atom stereocenters. The highest BCUT2D eigenvalue weighted by Crippen LogP contribution is 2.32. The van der Waals surface area contributed by atoms with E-state index in [2.05, 4.69) is 4.98 Å². The SMILES string of the molecule is COc1ccc2[nH]c(-c3ccc(F)cc3)c(C(C)=O)c2c1. The van der Waals surface area contributed by atoms with Gasteiger partial charge in [-0.25, -0.2) is 4.39 Å². The number of hydrogen-bond acceptors (Lipinski definition) is 2. The second kappa shape index (κ2) is 5.05. The molecule has 106 valence electrons. The van der Waals surface area contributed by atoms with E-state index in [0.717, 1.165) is 16.5 Å². The van der Waals surface area contributed by atoms with Crippen LogP contribution in [-0.4, -0.2) is 17.9 Å². The fourth-order valence-corrected chi connectivity index (χ4v) is 2.50. The molecule has 1 aromatic heterocycles. The second-order valence-electron chi connectivity index (χ2n) is 4.85. The largest absolute Gasteiger partial charge is 0.497 e. The molecule has 1 N–H and O–H groups in total. The predicted octanol–water partition coefficient (Wildman–Crippen LogP) is 4.19. The third-order valence-electron chi connectivity index (χ3n) is 3.49. The van der Waals surface area contributed by atoms with Crippen molar-refractivity contribution in [3.8, 4) is 17.0 Å². The van der Waals surface area contributed by atoms with Gasteiger partial charge in [-0.3, -0.25) is 4.79 Å². The van der Waals surface area contributed by atoms with Crippen LogP contribution in [0.1, 0.15) is 17.3 Å². The number of benzene rings is 2. The number of methoxy groups -OCH3 is 1. The standard InChI is InChI=1S/C17H14FNO2/c1-10(20)16-14-9-13(21-2)7-8-15(14)19-17(16)11-3-5-12(18)6-4-11/h3-9,19H,1-2H3. The highest BCUT2D eigenvalue weighted by molar-refractivity contribution is 6.12. The average Bonchev–Trinajstić information content (AvgIpc) is 2.86. The smallest absolute Gasteiger partial charge is 0.162 e. The molecule has 0 saturated heterocycles. The van der Waals surface area contributed by atoms with E-state index in [4.69, 9.17) is 4.74 Å². The molecule has 3 rings (SSSR count). The highest BCUT2D eigenvalue weighted by Gasteiger charge is 2.17. The van der Waals surface area contributed by atoms with E-state index < -0.39 is 0 Å². The van der Waals surface area contributed by atoms with Crippen molar-refractivity contribution in [2.75, 3.05) is 7.11 Å². The van der Waals surface area contributed by atoms with Crippen molar-refractivity contribution < 1.29 is 13.9 Å². The van der Waals surface area contributed by atoms with Crippen LogP contribution < -0.4 is 4.74 Å². The zero-order valence-electron chi connectivity index (χ0n) is 11.7. The lowest BCUT2D eigenvalue weighted by molar-refractivity contribution is 0.102. The van der Waals surface area contributed by atoms with Gasteiger partial charge in [0.2, 0.25) is 0 Å². The van der Waals surface area contributed by atoms with E-state index >= 15 is 0 Å². The van der Waals surface area contributed by atoms with Gasteiger partial charge in [0, 0.05) is 10.9 Å². The number of ether oxygens (including phenoxy) is 1. The Hall–Kier alpha value is -2.62. The number of aromatic nitrogens is 1. The van der Waals surface area contributed by atoms with Crippen LogP contribution in [0.5, 0.6) is 5.75 Å². The molecule has 0 spiro atoms. The van der Waals surface area contributed by atoms with Crippen LogP contribution in [0.3, 0.4) is 0 Å². The van der Waals surface area contributed by atoms with Gasteiger partial charge in [-0.2, -0.15) is 0 Å². The number of hydrogen-bond donors (Lipinski definition) is 1. The number of halogens is 1. The first kappa shape index (κ1) is 13.4. The third kappa shape index (κ3) is 2.29. The van der Waals surface area contributed by atoms with Crippen LogP contribution in [0.15, 0.2) is 42.5 Å². The number of ketones is 1. The van der Waals surface area contributed by atoms with Crippen molar-refractivity contribution in [2.45, 2.75) is 6.92 Å². The van der Waals surface area contributed by atoms with Crippen LogP contribution >= 0.6 is 0 Å². The lowest BCUT2D eigenvalue weighted by Gasteiger charge is -2.02. The Bertz CT molecular complexity index is 819. The maximum absolute atomic E-state index is 13.1. The van der Waals surface area contributed by atoms with Crippen molar-refractivity contribution in [3.63, 3.8) is 0 Å². The van der Waals surface area contributed by atoms with Crippen molar-refractivity contribution >= 4 is 16.7 Å². The van der Waals surface area contributed by atoms with Crippen LogP contribution in [-0.2, 0) is 0 Å². The maximum Gasteiger partial charge on any atom is 0.162 e. The number of nitrogens with one attached hydrogen (secondary N) is 1. The Balaban J connectivity index is 2.29. The molecule has 2 aromatic carbocycles. The molecule has 3 nitrogen and oxygen atoms in total. The van der Waals surface area contributed by atoms with Gasteiger partial charge in [0.15, 0.2) is 5.78 Å². The fraction of sp³-hybridized carbons (Fsp3) is 0.118. The summed E-state index contributed by atoms with van der Waals surface area (Å²) in [4.78, 5) is 15.3. The summed E-state index contributed by atoms with van der Waals surface area (Å²) in [5.41, 5.74) is 2.92. The predicted molar refractivity (Wildman–Crippen MR) is 80.2 cm³/mol. The zero-order chi connectivity index (χ0) is 15.0. The summed E-state index contributed by atoms with van der Waals surface area (Å²) in [5, 5.41) is 0.807. The quantitative estimate of drug-likeness (QED) is 0.732. The Labute approximate surface area is 121 Å². The molecule has 0 aliphatic rings. The number of carbonyl (C=O) groups excluding carboxylic acids is 1. The van der Waals surface area contributed by atoms with Gasteiger partial charge in [0.25, 0.3) is 0 Å². The van der Waals surface area contributed by atoms with Crippen molar-refractivity contribution in [2.24, 2.45) is 0 Å². The van der Waals surface area contributed by atoms with Gasteiger partial charge in [0.05, 0.1) is 18.4 Å². The van der Waals surface area contributed by atoms with E-state index in [9.17, 15) is 9.18 Å². The van der Waals surface area contributed by atoms with Crippen LogP contribution in [0.2, 0.25) is 0 Å². The fourth-order valence-electron chi connectivity index (χ4n) is 2.50. The summed E-state index contributed by atoms with van der Waals surface area (Å²) < 4.78 is 18.3. The Morgan fingerprint density at radius 3 is 2.48 bits per heavy atom. The monoisotopic (exact) mass is 283 g/mol. The maximum atomic E-state index is 13.1. The van der Waals surface area contributed by atoms with Gasteiger partial charge < -0.3 is 9.72 Å². The normalized spacial score (nSPS) is 10.8. The first-order valence-corrected chi connectivity index (χ1v) is 6.56. The first-order valence-electron chi connectivity index (χ1n) is 6.56. The van der Waals surface area contributed by atoms with Crippen molar-refractivity contribution in [1.29, 1.82) is 0 Å². The number of H-pyrrole nitrogens is 1. The number of fused-ring (bicyclic) bond motifs is 1. The van der Waals surface area contributed by atoms with Gasteiger partial charge in [0.1, 0.15) is 11.6 Å².